The maximum Gasteiger partial charge on any atom is 0.244 e. The molecule has 0 aliphatic carbocycles. The summed E-state index contributed by atoms with van der Waals surface area (Å²) in [4.78, 5) is 0.224. The van der Waals surface area contributed by atoms with Crippen molar-refractivity contribution in [3.63, 3.8) is 0 Å². The van der Waals surface area contributed by atoms with Gasteiger partial charge in [0.25, 0.3) is 0 Å². The van der Waals surface area contributed by atoms with Gasteiger partial charge in [0.15, 0.2) is 0 Å². The first-order chi connectivity index (χ1) is 9.90. The lowest BCUT2D eigenvalue weighted by Crippen LogP contribution is -2.35. The van der Waals surface area contributed by atoms with E-state index in [0.717, 1.165) is 12.8 Å². The Labute approximate surface area is 136 Å². The largest absolute Gasteiger partial charge is 0.392 e. The predicted octanol–water partition coefficient (Wildman–Crippen LogP) is 3.39. The fraction of sp³-hybridized carbons (Fsp3) is 0.600. The second-order valence-electron chi connectivity index (χ2n) is 5.06. The molecule has 120 valence electrons. The van der Waals surface area contributed by atoms with E-state index in [1.165, 1.54) is 10.4 Å². The van der Waals surface area contributed by atoms with Crippen LogP contribution in [0.4, 0.5) is 0 Å². The Morgan fingerprint density at radius 3 is 2.33 bits per heavy atom. The quantitative estimate of drug-likeness (QED) is 0.755. The predicted molar refractivity (Wildman–Crippen MR) is 88.6 cm³/mol. The SMILES string of the molecule is CCC(CC)CN(CC)S(=O)(=O)c1cc(CO)ccc1Br. The fourth-order valence-electron chi connectivity index (χ4n) is 2.21. The maximum atomic E-state index is 12.8. The number of rotatable bonds is 8. The fourth-order valence-corrected chi connectivity index (χ4v) is 4.72. The van der Waals surface area contributed by atoms with Crippen LogP contribution in [0, 0.1) is 5.92 Å². The molecule has 1 rings (SSSR count). The molecule has 0 heterocycles. The Balaban J connectivity index is 3.18. The second-order valence-corrected chi connectivity index (χ2v) is 7.82. The van der Waals surface area contributed by atoms with Gasteiger partial charge < -0.3 is 5.11 Å². The van der Waals surface area contributed by atoms with Crippen LogP contribution in [-0.2, 0) is 16.6 Å². The molecular formula is C15H24BrNO3S. The van der Waals surface area contributed by atoms with Gasteiger partial charge >= 0.3 is 0 Å². The molecule has 0 fully saturated rings. The summed E-state index contributed by atoms with van der Waals surface area (Å²) in [5, 5.41) is 9.21. The highest BCUT2D eigenvalue weighted by Gasteiger charge is 2.27. The highest BCUT2D eigenvalue weighted by Crippen LogP contribution is 2.27. The average Bonchev–Trinajstić information content (AvgIpc) is 2.48. The van der Waals surface area contributed by atoms with E-state index in [1.54, 1.807) is 12.1 Å². The van der Waals surface area contributed by atoms with Crippen molar-refractivity contribution in [1.82, 2.24) is 4.31 Å². The standard InChI is InChI=1S/C15H24BrNO3S/c1-4-12(5-2)10-17(6-3)21(19,20)15-9-13(11-18)7-8-14(15)16/h7-9,12,18H,4-6,10-11H2,1-3H3. The topological polar surface area (TPSA) is 57.6 Å². The van der Waals surface area contributed by atoms with Crippen molar-refractivity contribution in [2.75, 3.05) is 13.1 Å². The Morgan fingerprint density at radius 2 is 1.86 bits per heavy atom. The molecule has 0 spiro atoms. The zero-order valence-corrected chi connectivity index (χ0v) is 15.2. The molecule has 0 amide bonds. The molecule has 6 heteroatoms. The van der Waals surface area contributed by atoms with E-state index in [4.69, 9.17) is 0 Å². The lowest BCUT2D eigenvalue weighted by molar-refractivity contribution is 0.281. The van der Waals surface area contributed by atoms with Gasteiger partial charge in [-0.3, -0.25) is 0 Å². The third kappa shape index (κ3) is 4.52. The van der Waals surface area contributed by atoms with Crippen LogP contribution in [0.1, 0.15) is 39.2 Å². The molecule has 1 N–H and O–H groups in total. The average molecular weight is 378 g/mol. The van der Waals surface area contributed by atoms with Crippen LogP contribution in [0.2, 0.25) is 0 Å². The van der Waals surface area contributed by atoms with E-state index in [-0.39, 0.29) is 11.5 Å². The van der Waals surface area contributed by atoms with Crippen LogP contribution in [-0.4, -0.2) is 30.9 Å². The molecule has 1 aromatic carbocycles. The van der Waals surface area contributed by atoms with Crippen molar-refractivity contribution in [2.24, 2.45) is 5.92 Å². The summed E-state index contributed by atoms with van der Waals surface area (Å²) in [6.45, 7) is 6.81. The van der Waals surface area contributed by atoms with Crippen LogP contribution in [0.3, 0.4) is 0 Å². The zero-order valence-electron chi connectivity index (χ0n) is 12.8. The molecule has 0 radical (unpaired) electrons. The van der Waals surface area contributed by atoms with Gasteiger partial charge in [-0.2, -0.15) is 4.31 Å². The molecule has 0 saturated heterocycles. The summed E-state index contributed by atoms with van der Waals surface area (Å²) in [7, 11) is -3.55. The summed E-state index contributed by atoms with van der Waals surface area (Å²) in [5.74, 6) is 0.361. The summed E-state index contributed by atoms with van der Waals surface area (Å²) in [5.41, 5.74) is 0.593. The Kier molecular flexibility index (Phi) is 7.33. The van der Waals surface area contributed by atoms with E-state index in [9.17, 15) is 13.5 Å². The van der Waals surface area contributed by atoms with Crippen LogP contribution >= 0.6 is 15.9 Å². The molecule has 0 saturated carbocycles. The normalized spacial score (nSPS) is 12.3. The monoisotopic (exact) mass is 377 g/mol. The molecule has 0 aliphatic heterocycles. The van der Waals surface area contributed by atoms with Gasteiger partial charge in [0.05, 0.1) is 11.5 Å². The molecule has 0 aliphatic rings. The van der Waals surface area contributed by atoms with Crippen molar-refractivity contribution < 1.29 is 13.5 Å². The number of sulfonamides is 1. The van der Waals surface area contributed by atoms with Crippen LogP contribution in [0.5, 0.6) is 0 Å². The van der Waals surface area contributed by atoms with E-state index >= 15 is 0 Å². The molecule has 4 nitrogen and oxygen atoms in total. The molecule has 0 unspecified atom stereocenters. The van der Waals surface area contributed by atoms with Crippen LogP contribution in [0.25, 0.3) is 0 Å². The first kappa shape index (κ1) is 18.6. The summed E-state index contributed by atoms with van der Waals surface area (Å²) in [6.07, 6.45) is 1.92. The first-order valence-electron chi connectivity index (χ1n) is 7.30. The highest BCUT2D eigenvalue weighted by molar-refractivity contribution is 9.10. The number of hydrogen-bond donors (Lipinski definition) is 1. The van der Waals surface area contributed by atoms with Gasteiger partial charge in [-0.25, -0.2) is 8.42 Å². The first-order valence-corrected chi connectivity index (χ1v) is 9.53. The van der Waals surface area contributed by atoms with E-state index in [1.807, 2.05) is 6.92 Å². The lowest BCUT2D eigenvalue weighted by atomic mass is 10.0. The van der Waals surface area contributed by atoms with Crippen molar-refractivity contribution in [1.29, 1.82) is 0 Å². The number of aliphatic hydroxyl groups is 1. The summed E-state index contributed by atoms with van der Waals surface area (Å²) >= 11 is 3.31. The lowest BCUT2D eigenvalue weighted by Gasteiger charge is -2.25. The van der Waals surface area contributed by atoms with Crippen molar-refractivity contribution >= 4 is 26.0 Å². The highest BCUT2D eigenvalue weighted by atomic mass is 79.9. The zero-order chi connectivity index (χ0) is 16.0. The van der Waals surface area contributed by atoms with E-state index in [2.05, 4.69) is 29.8 Å². The minimum atomic E-state index is -3.55. The molecule has 0 bridgehead atoms. The number of hydrogen-bond acceptors (Lipinski definition) is 3. The minimum absolute atomic E-state index is 0.172. The number of benzene rings is 1. The van der Waals surface area contributed by atoms with Crippen molar-refractivity contribution in [2.45, 2.75) is 45.1 Å². The van der Waals surface area contributed by atoms with E-state index in [0.29, 0.717) is 29.0 Å². The van der Waals surface area contributed by atoms with Gasteiger partial charge in [0.2, 0.25) is 10.0 Å². The van der Waals surface area contributed by atoms with Gasteiger partial charge in [-0.15, -0.1) is 0 Å². The molecule has 0 atom stereocenters. The minimum Gasteiger partial charge on any atom is -0.392 e. The van der Waals surface area contributed by atoms with Crippen molar-refractivity contribution in [3.05, 3.63) is 28.2 Å². The third-order valence-electron chi connectivity index (χ3n) is 3.77. The van der Waals surface area contributed by atoms with Crippen LogP contribution in [0.15, 0.2) is 27.6 Å². The van der Waals surface area contributed by atoms with Crippen LogP contribution < -0.4 is 0 Å². The van der Waals surface area contributed by atoms with Gasteiger partial charge in [0.1, 0.15) is 0 Å². The Bertz CT molecular complexity index is 556. The Morgan fingerprint density at radius 1 is 1.24 bits per heavy atom. The summed E-state index contributed by atoms with van der Waals surface area (Å²) < 4.78 is 27.7. The maximum absolute atomic E-state index is 12.8. The Hall–Kier alpha value is -0.430. The molecule has 1 aromatic rings. The molecule has 21 heavy (non-hydrogen) atoms. The summed E-state index contributed by atoms with van der Waals surface area (Å²) in [6, 6.07) is 4.92. The smallest absolute Gasteiger partial charge is 0.244 e. The van der Waals surface area contributed by atoms with Gasteiger partial charge in [-0.1, -0.05) is 39.7 Å². The number of nitrogens with zero attached hydrogens (tertiary/aromatic N) is 1. The van der Waals surface area contributed by atoms with E-state index < -0.39 is 10.0 Å². The third-order valence-corrected chi connectivity index (χ3v) is 6.70. The molecule has 0 aromatic heterocycles. The van der Waals surface area contributed by atoms with Gasteiger partial charge in [0, 0.05) is 17.6 Å². The second kappa shape index (κ2) is 8.27. The number of halogens is 1. The van der Waals surface area contributed by atoms with Gasteiger partial charge in [-0.05, 0) is 39.5 Å². The molecular weight excluding hydrogens is 354 g/mol. The number of aliphatic hydroxyl groups excluding tert-OH is 1. The van der Waals surface area contributed by atoms with Crippen molar-refractivity contribution in [3.8, 4) is 0 Å².